The molecule has 0 radical (unpaired) electrons. The van der Waals surface area contributed by atoms with Gasteiger partial charge in [-0.2, -0.15) is 0 Å². The van der Waals surface area contributed by atoms with Crippen LogP contribution in [0.15, 0.2) is 34.9 Å². The first-order chi connectivity index (χ1) is 12.0. The summed E-state index contributed by atoms with van der Waals surface area (Å²) in [5.74, 6) is 0.812. The number of aryl methyl sites for hydroxylation is 1. The number of urea groups is 1. The van der Waals surface area contributed by atoms with Gasteiger partial charge in [-0.25, -0.2) is 4.79 Å². The van der Waals surface area contributed by atoms with Gasteiger partial charge in [0, 0.05) is 50.1 Å². The standard InChI is InChI=1S/C16H19N5O4/c1-12-9-15(25-18-12)11-19-5-7-20(8-6-19)16(22)17-13-3-2-4-14(10-13)21(23)24/h2-4,9-10H,5-8,11H2,1H3,(H,17,22). The Kier molecular flexibility index (Phi) is 4.94. The molecule has 1 N–H and O–H groups in total. The van der Waals surface area contributed by atoms with Crippen molar-refractivity contribution in [1.82, 2.24) is 15.0 Å². The Bertz CT molecular complexity index is 767. The zero-order chi connectivity index (χ0) is 17.8. The summed E-state index contributed by atoms with van der Waals surface area (Å²) >= 11 is 0. The highest BCUT2D eigenvalue weighted by molar-refractivity contribution is 5.89. The predicted molar refractivity (Wildman–Crippen MR) is 90.2 cm³/mol. The zero-order valence-corrected chi connectivity index (χ0v) is 13.8. The van der Waals surface area contributed by atoms with Crippen LogP contribution in [-0.2, 0) is 6.54 Å². The Balaban J connectivity index is 1.51. The van der Waals surface area contributed by atoms with Crippen molar-refractivity contribution in [1.29, 1.82) is 0 Å². The molecule has 1 aliphatic heterocycles. The summed E-state index contributed by atoms with van der Waals surface area (Å²) in [6.07, 6.45) is 0. The summed E-state index contributed by atoms with van der Waals surface area (Å²) in [6, 6.07) is 7.57. The van der Waals surface area contributed by atoms with E-state index in [1.165, 1.54) is 12.1 Å². The second kappa shape index (κ2) is 7.31. The SMILES string of the molecule is Cc1cc(CN2CCN(C(=O)Nc3cccc([N+](=O)[O-])c3)CC2)on1. The molecule has 25 heavy (non-hydrogen) atoms. The number of anilines is 1. The topological polar surface area (TPSA) is 105 Å². The van der Waals surface area contributed by atoms with Gasteiger partial charge in [-0.15, -0.1) is 0 Å². The van der Waals surface area contributed by atoms with E-state index in [1.807, 2.05) is 13.0 Å². The van der Waals surface area contributed by atoms with Crippen molar-refractivity contribution in [3.8, 4) is 0 Å². The normalized spacial score (nSPS) is 15.2. The monoisotopic (exact) mass is 345 g/mol. The minimum absolute atomic E-state index is 0.0510. The van der Waals surface area contributed by atoms with Crippen molar-refractivity contribution in [3.05, 3.63) is 51.9 Å². The van der Waals surface area contributed by atoms with Crippen LogP contribution in [0.4, 0.5) is 16.2 Å². The molecule has 9 heteroatoms. The van der Waals surface area contributed by atoms with Crippen molar-refractivity contribution in [2.24, 2.45) is 0 Å². The minimum atomic E-state index is -0.486. The van der Waals surface area contributed by atoms with Crippen molar-refractivity contribution in [3.63, 3.8) is 0 Å². The molecule has 1 aliphatic rings. The molecule has 1 saturated heterocycles. The van der Waals surface area contributed by atoms with E-state index >= 15 is 0 Å². The Morgan fingerprint density at radius 1 is 1.32 bits per heavy atom. The van der Waals surface area contributed by atoms with E-state index in [-0.39, 0.29) is 11.7 Å². The molecule has 0 aliphatic carbocycles. The van der Waals surface area contributed by atoms with E-state index < -0.39 is 4.92 Å². The smallest absolute Gasteiger partial charge is 0.321 e. The molecule has 0 saturated carbocycles. The number of benzene rings is 1. The molecule has 2 heterocycles. The number of nitro benzene ring substituents is 1. The van der Waals surface area contributed by atoms with E-state index in [2.05, 4.69) is 15.4 Å². The van der Waals surface area contributed by atoms with Crippen molar-refractivity contribution >= 4 is 17.4 Å². The summed E-state index contributed by atoms with van der Waals surface area (Å²) in [5, 5.41) is 17.4. The molecule has 0 unspecified atom stereocenters. The maximum Gasteiger partial charge on any atom is 0.321 e. The number of non-ortho nitro benzene ring substituents is 1. The van der Waals surface area contributed by atoms with Crippen molar-refractivity contribution in [2.45, 2.75) is 13.5 Å². The van der Waals surface area contributed by atoms with Gasteiger partial charge in [0.25, 0.3) is 5.69 Å². The number of aromatic nitrogens is 1. The van der Waals surface area contributed by atoms with Crippen LogP contribution < -0.4 is 5.32 Å². The molecule has 1 aromatic carbocycles. The third-order valence-electron chi connectivity index (χ3n) is 4.02. The lowest BCUT2D eigenvalue weighted by atomic mass is 10.2. The number of nitrogens with one attached hydrogen (secondary N) is 1. The highest BCUT2D eigenvalue weighted by Gasteiger charge is 2.22. The largest absolute Gasteiger partial charge is 0.360 e. The Hall–Kier alpha value is -2.94. The van der Waals surface area contributed by atoms with Crippen LogP contribution in [-0.4, -0.2) is 52.1 Å². The fraction of sp³-hybridized carbons (Fsp3) is 0.375. The Morgan fingerprint density at radius 3 is 2.72 bits per heavy atom. The van der Waals surface area contributed by atoms with Crippen LogP contribution in [0.2, 0.25) is 0 Å². The molecule has 1 aromatic heterocycles. The third-order valence-corrected chi connectivity index (χ3v) is 4.02. The average Bonchev–Trinajstić information content (AvgIpc) is 3.00. The fourth-order valence-corrected chi connectivity index (χ4v) is 2.72. The van der Waals surface area contributed by atoms with Gasteiger partial charge in [-0.1, -0.05) is 11.2 Å². The number of rotatable bonds is 4. The number of hydrogen-bond acceptors (Lipinski definition) is 6. The molecule has 0 spiro atoms. The first-order valence-electron chi connectivity index (χ1n) is 7.96. The molecule has 132 valence electrons. The molecule has 0 atom stereocenters. The second-order valence-corrected chi connectivity index (χ2v) is 5.94. The van der Waals surface area contributed by atoms with Gasteiger partial charge in [0.1, 0.15) is 0 Å². The first kappa shape index (κ1) is 16.9. The van der Waals surface area contributed by atoms with Crippen molar-refractivity contribution in [2.75, 3.05) is 31.5 Å². The number of carbonyl (C=O) groups is 1. The summed E-state index contributed by atoms with van der Waals surface area (Å²) in [6.45, 7) is 5.15. The highest BCUT2D eigenvalue weighted by atomic mass is 16.6. The third kappa shape index (κ3) is 4.32. The van der Waals surface area contributed by atoms with Gasteiger partial charge in [0.2, 0.25) is 0 Å². The number of carbonyl (C=O) groups excluding carboxylic acids is 1. The molecule has 9 nitrogen and oxygen atoms in total. The van der Waals surface area contributed by atoms with Gasteiger partial charge in [-0.05, 0) is 13.0 Å². The average molecular weight is 345 g/mol. The van der Waals surface area contributed by atoms with Gasteiger partial charge in [0.05, 0.1) is 17.2 Å². The maximum atomic E-state index is 12.3. The number of nitro groups is 1. The van der Waals surface area contributed by atoms with Crippen LogP contribution >= 0.6 is 0 Å². The van der Waals surface area contributed by atoms with Gasteiger partial charge in [0.15, 0.2) is 5.76 Å². The van der Waals surface area contributed by atoms with Crippen LogP contribution in [0, 0.1) is 17.0 Å². The molecule has 0 bridgehead atoms. The van der Waals surface area contributed by atoms with E-state index in [9.17, 15) is 14.9 Å². The zero-order valence-electron chi connectivity index (χ0n) is 13.8. The summed E-state index contributed by atoms with van der Waals surface area (Å²) in [5.41, 5.74) is 1.22. The van der Waals surface area contributed by atoms with Crippen LogP contribution in [0.5, 0.6) is 0 Å². The van der Waals surface area contributed by atoms with E-state index in [0.29, 0.717) is 25.3 Å². The van der Waals surface area contributed by atoms with Crippen LogP contribution in [0.3, 0.4) is 0 Å². The molecule has 1 fully saturated rings. The second-order valence-electron chi connectivity index (χ2n) is 5.94. The quantitative estimate of drug-likeness (QED) is 0.673. The molecular weight excluding hydrogens is 326 g/mol. The molecule has 3 rings (SSSR count). The summed E-state index contributed by atoms with van der Waals surface area (Å²) in [4.78, 5) is 26.5. The minimum Gasteiger partial charge on any atom is -0.360 e. The lowest BCUT2D eigenvalue weighted by Gasteiger charge is -2.34. The van der Waals surface area contributed by atoms with Crippen molar-refractivity contribution < 1.29 is 14.2 Å². The van der Waals surface area contributed by atoms with Gasteiger partial charge < -0.3 is 14.7 Å². The van der Waals surface area contributed by atoms with Gasteiger partial charge in [-0.3, -0.25) is 15.0 Å². The van der Waals surface area contributed by atoms with E-state index in [0.717, 1.165) is 24.5 Å². The molecule has 2 amide bonds. The van der Waals surface area contributed by atoms with Crippen LogP contribution in [0.1, 0.15) is 11.5 Å². The Labute approximate surface area is 144 Å². The number of piperazine rings is 1. The lowest BCUT2D eigenvalue weighted by molar-refractivity contribution is -0.384. The van der Waals surface area contributed by atoms with E-state index in [4.69, 9.17) is 4.52 Å². The maximum absolute atomic E-state index is 12.3. The first-order valence-corrected chi connectivity index (χ1v) is 7.96. The Morgan fingerprint density at radius 2 is 2.08 bits per heavy atom. The molecule has 2 aromatic rings. The summed E-state index contributed by atoms with van der Waals surface area (Å²) in [7, 11) is 0. The number of amides is 2. The number of nitrogens with zero attached hydrogens (tertiary/aromatic N) is 4. The van der Waals surface area contributed by atoms with E-state index in [1.54, 1.807) is 17.0 Å². The molecular formula is C16H19N5O4. The summed E-state index contributed by atoms with van der Waals surface area (Å²) < 4.78 is 5.21. The fourth-order valence-electron chi connectivity index (χ4n) is 2.72. The number of hydrogen-bond donors (Lipinski definition) is 1. The predicted octanol–water partition coefficient (Wildman–Crippen LogP) is 2.24. The van der Waals surface area contributed by atoms with Crippen LogP contribution in [0.25, 0.3) is 0 Å². The lowest BCUT2D eigenvalue weighted by Crippen LogP contribution is -2.49. The van der Waals surface area contributed by atoms with Gasteiger partial charge >= 0.3 is 6.03 Å². The highest BCUT2D eigenvalue weighted by Crippen LogP contribution is 2.18.